The Morgan fingerprint density at radius 2 is 2.08 bits per heavy atom. The molecule has 4 rings (SSSR count). The first-order valence-electron chi connectivity index (χ1n) is 7.12. The summed E-state index contributed by atoms with van der Waals surface area (Å²) in [5, 5.41) is 3.23. The average molecular weight is 339 g/mol. The quantitative estimate of drug-likeness (QED) is 0.601. The van der Waals surface area contributed by atoms with E-state index in [1.165, 1.54) is 0 Å². The SMILES string of the molecule is O=C(Nc1ccccc1Cl)c1nc(-n2ccnc2)nc2cc[nH]c12. The minimum Gasteiger partial charge on any atom is -0.358 e. The van der Waals surface area contributed by atoms with E-state index in [-0.39, 0.29) is 11.6 Å². The van der Waals surface area contributed by atoms with Gasteiger partial charge in [0.2, 0.25) is 5.95 Å². The number of para-hydroxylation sites is 1. The fourth-order valence-electron chi connectivity index (χ4n) is 2.33. The van der Waals surface area contributed by atoms with E-state index in [1.54, 1.807) is 59.8 Å². The van der Waals surface area contributed by atoms with Crippen LogP contribution in [0.2, 0.25) is 5.02 Å². The number of imidazole rings is 1. The fourth-order valence-corrected chi connectivity index (χ4v) is 2.52. The molecule has 0 aliphatic rings. The van der Waals surface area contributed by atoms with Crippen LogP contribution in [0, 0.1) is 0 Å². The first kappa shape index (κ1) is 14.4. The monoisotopic (exact) mass is 338 g/mol. The van der Waals surface area contributed by atoms with Gasteiger partial charge in [-0.05, 0) is 18.2 Å². The van der Waals surface area contributed by atoms with Gasteiger partial charge in [-0.2, -0.15) is 0 Å². The molecule has 1 amide bonds. The van der Waals surface area contributed by atoms with E-state index < -0.39 is 0 Å². The lowest BCUT2D eigenvalue weighted by Crippen LogP contribution is -2.16. The summed E-state index contributed by atoms with van der Waals surface area (Å²) < 4.78 is 1.64. The van der Waals surface area contributed by atoms with Crippen LogP contribution in [0.15, 0.2) is 55.2 Å². The van der Waals surface area contributed by atoms with Crippen molar-refractivity contribution in [2.75, 3.05) is 5.32 Å². The Morgan fingerprint density at radius 3 is 2.88 bits per heavy atom. The van der Waals surface area contributed by atoms with E-state index in [1.807, 2.05) is 0 Å². The third-order valence-electron chi connectivity index (χ3n) is 3.47. The van der Waals surface area contributed by atoms with Crippen molar-refractivity contribution in [2.45, 2.75) is 0 Å². The number of carbonyl (C=O) groups excluding carboxylic acids is 1. The number of hydrogen-bond donors (Lipinski definition) is 2. The van der Waals surface area contributed by atoms with Gasteiger partial charge in [-0.3, -0.25) is 9.36 Å². The van der Waals surface area contributed by atoms with Crippen molar-refractivity contribution in [1.82, 2.24) is 24.5 Å². The lowest BCUT2D eigenvalue weighted by molar-refractivity contribution is 0.102. The predicted molar refractivity (Wildman–Crippen MR) is 90.4 cm³/mol. The topological polar surface area (TPSA) is 88.5 Å². The van der Waals surface area contributed by atoms with Gasteiger partial charge in [0.25, 0.3) is 5.91 Å². The van der Waals surface area contributed by atoms with Gasteiger partial charge in [-0.1, -0.05) is 23.7 Å². The number of halogens is 1. The summed E-state index contributed by atoms with van der Waals surface area (Å²) in [5.74, 6) is -0.0109. The molecule has 0 atom stereocenters. The first-order chi connectivity index (χ1) is 11.7. The van der Waals surface area contributed by atoms with Crippen molar-refractivity contribution in [3.63, 3.8) is 0 Å². The van der Waals surface area contributed by atoms with Crippen LogP contribution in [0.25, 0.3) is 17.0 Å². The normalized spacial score (nSPS) is 10.9. The zero-order valence-electron chi connectivity index (χ0n) is 12.3. The van der Waals surface area contributed by atoms with E-state index >= 15 is 0 Å². The van der Waals surface area contributed by atoms with Gasteiger partial charge < -0.3 is 10.3 Å². The molecule has 0 radical (unpaired) electrons. The lowest BCUT2D eigenvalue weighted by atomic mass is 10.2. The van der Waals surface area contributed by atoms with Gasteiger partial charge >= 0.3 is 0 Å². The molecule has 7 nitrogen and oxygen atoms in total. The number of benzene rings is 1. The highest BCUT2D eigenvalue weighted by molar-refractivity contribution is 6.34. The van der Waals surface area contributed by atoms with Crippen LogP contribution < -0.4 is 5.32 Å². The van der Waals surface area contributed by atoms with E-state index in [0.717, 1.165) is 0 Å². The van der Waals surface area contributed by atoms with Crippen LogP contribution in [0.4, 0.5) is 5.69 Å². The van der Waals surface area contributed by atoms with E-state index in [2.05, 4.69) is 25.3 Å². The van der Waals surface area contributed by atoms with Crippen LogP contribution in [-0.2, 0) is 0 Å². The van der Waals surface area contributed by atoms with Crippen LogP contribution in [0.5, 0.6) is 0 Å². The summed E-state index contributed by atoms with van der Waals surface area (Å²) in [7, 11) is 0. The van der Waals surface area contributed by atoms with Crippen molar-refractivity contribution in [2.24, 2.45) is 0 Å². The highest BCUT2D eigenvalue weighted by atomic mass is 35.5. The second-order valence-electron chi connectivity index (χ2n) is 5.01. The minimum atomic E-state index is -0.376. The average Bonchev–Trinajstić information content (AvgIpc) is 3.27. The number of rotatable bonds is 3. The molecular weight excluding hydrogens is 328 g/mol. The molecule has 2 N–H and O–H groups in total. The third-order valence-corrected chi connectivity index (χ3v) is 3.80. The highest BCUT2D eigenvalue weighted by Crippen LogP contribution is 2.22. The summed E-state index contributed by atoms with van der Waals surface area (Å²) in [6.07, 6.45) is 6.62. The minimum absolute atomic E-state index is 0.230. The number of aromatic amines is 1. The molecule has 0 saturated heterocycles. The maximum Gasteiger partial charge on any atom is 0.276 e. The molecule has 24 heavy (non-hydrogen) atoms. The molecule has 3 aromatic heterocycles. The summed E-state index contributed by atoms with van der Waals surface area (Å²) in [4.78, 5) is 28.5. The number of H-pyrrole nitrogens is 1. The van der Waals surface area contributed by atoms with Crippen molar-refractivity contribution in [1.29, 1.82) is 0 Å². The van der Waals surface area contributed by atoms with Gasteiger partial charge in [-0.15, -0.1) is 0 Å². The molecule has 3 heterocycles. The highest BCUT2D eigenvalue weighted by Gasteiger charge is 2.17. The molecule has 0 saturated carbocycles. The van der Waals surface area contributed by atoms with Gasteiger partial charge in [0, 0.05) is 18.6 Å². The molecule has 0 unspecified atom stereocenters. The second kappa shape index (κ2) is 5.78. The molecule has 4 aromatic rings. The Bertz CT molecular complexity index is 1020. The van der Waals surface area contributed by atoms with Gasteiger partial charge in [0.1, 0.15) is 6.33 Å². The lowest BCUT2D eigenvalue weighted by Gasteiger charge is -2.09. The van der Waals surface area contributed by atoms with Gasteiger partial charge in [-0.25, -0.2) is 15.0 Å². The second-order valence-corrected chi connectivity index (χ2v) is 5.42. The zero-order valence-corrected chi connectivity index (χ0v) is 13.0. The molecule has 0 fully saturated rings. The Morgan fingerprint density at radius 1 is 1.21 bits per heavy atom. The molecule has 118 valence electrons. The number of carbonyl (C=O) groups is 1. The fraction of sp³-hybridized carbons (Fsp3) is 0. The number of anilines is 1. The Kier molecular flexibility index (Phi) is 3.47. The Labute approximate surface area is 141 Å². The van der Waals surface area contributed by atoms with E-state index in [0.29, 0.717) is 27.7 Å². The molecule has 0 aliphatic heterocycles. The molecule has 0 bridgehead atoms. The van der Waals surface area contributed by atoms with Gasteiger partial charge in [0.05, 0.1) is 21.7 Å². The Balaban J connectivity index is 1.79. The third kappa shape index (κ3) is 2.50. The maximum atomic E-state index is 12.7. The van der Waals surface area contributed by atoms with E-state index in [4.69, 9.17) is 11.6 Å². The number of hydrogen-bond acceptors (Lipinski definition) is 4. The van der Waals surface area contributed by atoms with Gasteiger partial charge in [0.15, 0.2) is 5.69 Å². The molecule has 8 heteroatoms. The van der Waals surface area contributed by atoms with Crippen LogP contribution in [0.1, 0.15) is 10.5 Å². The van der Waals surface area contributed by atoms with Crippen molar-refractivity contribution in [3.05, 3.63) is 66.0 Å². The molecule has 1 aromatic carbocycles. The van der Waals surface area contributed by atoms with Crippen LogP contribution in [0.3, 0.4) is 0 Å². The van der Waals surface area contributed by atoms with Crippen molar-refractivity contribution >= 4 is 34.2 Å². The zero-order chi connectivity index (χ0) is 16.5. The number of amides is 1. The maximum absolute atomic E-state index is 12.7. The smallest absolute Gasteiger partial charge is 0.276 e. The molecule has 0 aliphatic carbocycles. The summed E-state index contributed by atoms with van der Waals surface area (Å²) in [6.45, 7) is 0. The number of fused-ring (bicyclic) bond motifs is 1. The van der Waals surface area contributed by atoms with E-state index in [9.17, 15) is 4.79 Å². The van der Waals surface area contributed by atoms with Crippen molar-refractivity contribution < 1.29 is 4.79 Å². The number of aromatic nitrogens is 5. The summed E-state index contributed by atoms with van der Waals surface area (Å²) in [5.41, 5.74) is 1.95. The van der Waals surface area contributed by atoms with Crippen LogP contribution in [-0.4, -0.2) is 30.4 Å². The molecule has 0 spiro atoms. The largest absolute Gasteiger partial charge is 0.358 e. The summed E-state index contributed by atoms with van der Waals surface area (Å²) >= 11 is 6.10. The number of nitrogens with zero attached hydrogens (tertiary/aromatic N) is 4. The summed E-state index contributed by atoms with van der Waals surface area (Å²) in [6, 6.07) is 8.80. The Hall–Kier alpha value is -3.19. The predicted octanol–water partition coefficient (Wildman–Crippen LogP) is 3.05. The molecular formula is C16H11ClN6O. The standard InChI is InChI=1S/C16H11ClN6O/c17-10-3-1-2-4-11(10)20-15(24)14-13-12(5-6-19-13)21-16(22-14)23-8-7-18-9-23/h1-9,19H,(H,20,24). The number of nitrogens with one attached hydrogen (secondary N) is 2. The van der Waals surface area contributed by atoms with Crippen molar-refractivity contribution in [3.8, 4) is 5.95 Å². The first-order valence-corrected chi connectivity index (χ1v) is 7.49. The van der Waals surface area contributed by atoms with Crippen LogP contribution >= 0.6 is 11.6 Å².